The predicted molar refractivity (Wildman–Crippen MR) is 131 cm³/mol. The lowest BCUT2D eigenvalue weighted by Gasteiger charge is -2.40. The van der Waals surface area contributed by atoms with Crippen LogP contribution in [0.1, 0.15) is 33.6 Å². The van der Waals surface area contributed by atoms with Crippen LogP contribution in [-0.2, 0) is 13.0 Å². The third-order valence-electron chi connectivity index (χ3n) is 6.67. The van der Waals surface area contributed by atoms with Gasteiger partial charge in [-0.15, -0.1) is 11.3 Å². The number of likely N-dealkylation sites (N-methyl/N-ethyl adjacent to an activating group) is 1. The standard InChI is InChI=1S/C27H31FN2O2S/c1-29(27(31)26-9-6-16-33-26)25(17-20-7-4-3-5-8-20)21-12-14-30(15-13-21)19-22-10-11-23(32-2)18-24(22)28/h3-11,16,18,21,25H,12-15,17,19H2,1-2H3/t25-/m0/s1. The fraction of sp³-hybridized carbons (Fsp3) is 0.370. The highest BCUT2D eigenvalue weighted by atomic mass is 32.1. The monoisotopic (exact) mass is 466 g/mol. The first-order valence-electron chi connectivity index (χ1n) is 11.4. The first kappa shape index (κ1) is 23.5. The number of nitrogens with zero attached hydrogens (tertiary/aromatic N) is 2. The molecule has 0 radical (unpaired) electrons. The minimum absolute atomic E-state index is 0.0914. The third kappa shape index (κ3) is 5.81. The fourth-order valence-corrected chi connectivity index (χ4v) is 5.43. The summed E-state index contributed by atoms with van der Waals surface area (Å²) in [6.07, 6.45) is 2.81. The molecule has 1 fully saturated rings. The number of thiophene rings is 1. The highest BCUT2D eigenvalue weighted by molar-refractivity contribution is 7.12. The van der Waals surface area contributed by atoms with E-state index in [1.807, 2.05) is 47.7 Å². The van der Waals surface area contributed by atoms with Gasteiger partial charge >= 0.3 is 0 Å². The molecule has 6 heteroatoms. The minimum Gasteiger partial charge on any atom is -0.497 e. The van der Waals surface area contributed by atoms with Crippen molar-refractivity contribution in [2.45, 2.75) is 31.8 Å². The summed E-state index contributed by atoms with van der Waals surface area (Å²) in [5, 5.41) is 1.95. The zero-order valence-corrected chi connectivity index (χ0v) is 20.1. The van der Waals surface area contributed by atoms with Gasteiger partial charge in [-0.1, -0.05) is 42.5 Å². The lowest BCUT2D eigenvalue weighted by Crippen LogP contribution is -2.47. The van der Waals surface area contributed by atoms with Gasteiger partial charge in [0.2, 0.25) is 0 Å². The van der Waals surface area contributed by atoms with Crippen molar-refractivity contribution in [3.8, 4) is 5.75 Å². The average molecular weight is 467 g/mol. The van der Waals surface area contributed by atoms with Crippen molar-refractivity contribution in [3.05, 3.63) is 87.9 Å². The van der Waals surface area contributed by atoms with E-state index in [4.69, 9.17) is 4.74 Å². The van der Waals surface area contributed by atoms with Crippen LogP contribution in [0.4, 0.5) is 4.39 Å². The first-order valence-corrected chi connectivity index (χ1v) is 12.3. The van der Waals surface area contributed by atoms with Crippen LogP contribution in [-0.4, -0.2) is 49.0 Å². The van der Waals surface area contributed by atoms with E-state index >= 15 is 0 Å². The number of carbonyl (C=O) groups excluding carboxylic acids is 1. The molecule has 3 aromatic rings. The average Bonchev–Trinajstić information content (AvgIpc) is 3.39. The summed E-state index contributed by atoms with van der Waals surface area (Å²) in [6.45, 7) is 2.38. The number of carbonyl (C=O) groups is 1. The molecule has 2 aromatic carbocycles. The van der Waals surface area contributed by atoms with Crippen LogP contribution in [0.25, 0.3) is 0 Å². The summed E-state index contributed by atoms with van der Waals surface area (Å²) in [5.41, 5.74) is 1.94. The molecule has 0 N–H and O–H groups in total. The number of hydrogen-bond acceptors (Lipinski definition) is 4. The van der Waals surface area contributed by atoms with Gasteiger partial charge in [0.15, 0.2) is 0 Å². The number of piperidine rings is 1. The van der Waals surface area contributed by atoms with E-state index in [1.54, 1.807) is 7.11 Å². The Hall–Kier alpha value is -2.70. The maximum atomic E-state index is 14.4. The summed E-state index contributed by atoms with van der Waals surface area (Å²) in [6, 6.07) is 19.4. The Morgan fingerprint density at radius 1 is 1.15 bits per heavy atom. The summed E-state index contributed by atoms with van der Waals surface area (Å²) in [5.74, 6) is 0.807. The molecule has 4 rings (SSSR count). The van der Waals surface area contributed by atoms with Crippen molar-refractivity contribution in [3.63, 3.8) is 0 Å². The number of hydrogen-bond donors (Lipinski definition) is 0. The Labute approximate surface area is 199 Å². The van der Waals surface area contributed by atoms with Crippen molar-refractivity contribution in [2.75, 3.05) is 27.2 Å². The summed E-state index contributed by atoms with van der Waals surface area (Å²) >= 11 is 1.49. The van der Waals surface area contributed by atoms with E-state index in [0.29, 0.717) is 23.8 Å². The number of ether oxygens (including phenoxy) is 1. The number of halogens is 1. The van der Waals surface area contributed by atoms with Crippen LogP contribution in [0.15, 0.2) is 66.0 Å². The van der Waals surface area contributed by atoms with Gasteiger partial charge in [-0.2, -0.15) is 0 Å². The van der Waals surface area contributed by atoms with Gasteiger partial charge in [0.05, 0.1) is 12.0 Å². The van der Waals surface area contributed by atoms with Crippen LogP contribution >= 0.6 is 11.3 Å². The zero-order valence-electron chi connectivity index (χ0n) is 19.2. The van der Waals surface area contributed by atoms with Crippen molar-refractivity contribution in [2.24, 2.45) is 5.92 Å². The van der Waals surface area contributed by atoms with Crippen molar-refractivity contribution < 1.29 is 13.9 Å². The topological polar surface area (TPSA) is 32.8 Å². The van der Waals surface area contributed by atoms with Crippen LogP contribution in [0, 0.1) is 11.7 Å². The molecule has 33 heavy (non-hydrogen) atoms. The summed E-state index contributed by atoms with van der Waals surface area (Å²) in [4.78, 5) is 18.2. The molecule has 174 valence electrons. The second-order valence-corrected chi connectivity index (χ2v) is 9.67. The van der Waals surface area contributed by atoms with Crippen molar-refractivity contribution in [1.82, 2.24) is 9.80 Å². The molecule has 0 saturated carbocycles. The van der Waals surface area contributed by atoms with Crippen LogP contribution < -0.4 is 4.74 Å². The van der Waals surface area contributed by atoms with E-state index in [2.05, 4.69) is 29.2 Å². The number of benzene rings is 2. The molecule has 1 aromatic heterocycles. The Balaban J connectivity index is 1.44. The van der Waals surface area contributed by atoms with Gasteiger partial charge in [0.1, 0.15) is 11.6 Å². The van der Waals surface area contributed by atoms with Crippen LogP contribution in [0.5, 0.6) is 5.75 Å². The number of likely N-dealkylation sites (tertiary alicyclic amines) is 1. The molecule has 0 aliphatic carbocycles. The maximum absolute atomic E-state index is 14.4. The molecule has 2 heterocycles. The zero-order chi connectivity index (χ0) is 23.2. The van der Waals surface area contributed by atoms with Crippen molar-refractivity contribution >= 4 is 17.2 Å². The lowest BCUT2D eigenvalue weighted by molar-refractivity contribution is 0.0588. The predicted octanol–water partition coefficient (Wildman–Crippen LogP) is 5.49. The molecule has 1 atom stereocenters. The van der Waals surface area contributed by atoms with Gasteiger partial charge in [-0.3, -0.25) is 9.69 Å². The highest BCUT2D eigenvalue weighted by Crippen LogP contribution is 2.29. The molecule has 0 bridgehead atoms. The number of rotatable bonds is 8. The van der Waals surface area contributed by atoms with Gasteiger partial charge in [-0.25, -0.2) is 4.39 Å². The second-order valence-electron chi connectivity index (χ2n) is 8.72. The lowest BCUT2D eigenvalue weighted by atomic mass is 9.84. The van der Waals surface area contributed by atoms with E-state index < -0.39 is 0 Å². The number of methoxy groups -OCH3 is 1. The molecule has 1 aliphatic heterocycles. The van der Waals surface area contributed by atoms with Gasteiger partial charge in [-0.05, 0) is 61.3 Å². The quantitative estimate of drug-likeness (QED) is 0.440. The SMILES string of the molecule is COc1ccc(CN2CCC([C@H](Cc3ccccc3)N(C)C(=O)c3cccs3)CC2)c(F)c1. The van der Waals surface area contributed by atoms with E-state index in [9.17, 15) is 9.18 Å². The van der Waals surface area contributed by atoms with Gasteiger partial charge in [0, 0.05) is 31.3 Å². The third-order valence-corrected chi connectivity index (χ3v) is 7.53. The van der Waals surface area contributed by atoms with Crippen LogP contribution in [0.3, 0.4) is 0 Å². The Morgan fingerprint density at radius 2 is 1.91 bits per heavy atom. The highest BCUT2D eigenvalue weighted by Gasteiger charge is 2.32. The van der Waals surface area contributed by atoms with E-state index in [1.165, 1.54) is 23.0 Å². The Kier molecular flexibility index (Phi) is 7.78. The number of amides is 1. The van der Waals surface area contributed by atoms with Gasteiger partial charge in [0.25, 0.3) is 5.91 Å². The summed E-state index contributed by atoms with van der Waals surface area (Å²) < 4.78 is 19.5. The first-order chi connectivity index (χ1) is 16.0. The molecule has 1 amide bonds. The molecule has 1 aliphatic rings. The molecular formula is C27H31FN2O2S. The van der Waals surface area contributed by atoms with E-state index in [-0.39, 0.29) is 17.8 Å². The second kappa shape index (κ2) is 10.9. The molecule has 4 nitrogen and oxygen atoms in total. The minimum atomic E-state index is -0.222. The normalized spacial score (nSPS) is 15.8. The summed E-state index contributed by atoms with van der Waals surface area (Å²) in [7, 11) is 3.49. The van der Waals surface area contributed by atoms with E-state index in [0.717, 1.165) is 37.2 Å². The largest absolute Gasteiger partial charge is 0.497 e. The molecule has 0 spiro atoms. The van der Waals surface area contributed by atoms with Crippen molar-refractivity contribution in [1.29, 1.82) is 0 Å². The molecule has 0 unspecified atom stereocenters. The van der Waals surface area contributed by atoms with Gasteiger partial charge < -0.3 is 9.64 Å². The molecule has 1 saturated heterocycles. The Bertz CT molecular complexity index is 1030. The maximum Gasteiger partial charge on any atom is 0.263 e. The van der Waals surface area contributed by atoms with Crippen LogP contribution in [0.2, 0.25) is 0 Å². The Morgan fingerprint density at radius 3 is 2.55 bits per heavy atom. The molecular weight excluding hydrogens is 435 g/mol. The smallest absolute Gasteiger partial charge is 0.263 e. The fourth-order valence-electron chi connectivity index (χ4n) is 4.72.